The number of nitrogens with one attached hydrogen (secondary N) is 1. The maximum Gasteiger partial charge on any atom is 0.243 e. The predicted octanol–water partition coefficient (Wildman–Crippen LogP) is 2.32. The minimum Gasteiger partial charge on any atom is -0.373 e. The molecule has 112 valence electrons. The van der Waals surface area contributed by atoms with Crippen LogP contribution in [0.1, 0.15) is 33.1 Å². The van der Waals surface area contributed by atoms with Crippen molar-refractivity contribution in [2.24, 2.45) is 5.41 Å². The van der Waals surface area contributed by atoms with Crippen LogP contribution in [-0.2, 0) is 10.0 Å². The lowest BCUT2D eigenvalue weighted by Gasteiger charge is -2.38. The van der Waals surface area contributed by atoms with E-state index in [0.29, 0.717) is 23.8 Å². The Bertz CT molecular complexity index is 564. The zero-order valence-corrected chi connectivity index (χ0v) is 13.2. The Morgan fingerprint density at radius 2 is 2.05 bits per heavy atom. The Kier molecular flexibility index (Phi) is 4.34. The summed E-state index contributed by atoms with van der Waals surface area (Å²) in [4.78, 5) is 4.38. The van der Waals surface area contributed by atoms with Gasteiger partial charge in [0.15, 0.2) is 0 Å². The number of pyridine rings is 1. The van der Waals surface area contributed by atoms with E-state index in [4.69, 9.17) is 0 Å². The topological polar surface area (TPSA) is 62.3 Å². The van der Waals surface area contributed by atoms with Crippen LogP contribution in [0.4, 0.5) is 5.82 Å². The van der Waals surface area contributed by atoms with Gasteiger partial charge >= 0.3 is 0 Å². The largest absolute Gasteiger partial charge is 0.373 e. The summed E-state index contributed by atoms with van der Waals surface area (Å²) in [5.41, 5.74) is 0.278. The van der Waals surface area contributed by atoms with Gasteiger partial charge in [-0.1, -0.05) is 20.3 Å². The second-order valence-electron chi connectivity index (χ2n) is 5.70. The molecule has 5 nitrogen and oxygen atoms in total. The van der Waals surface area contributed by atoms with E-state index in [1.165, 1.54) is 6.20 Å². The fraction of sp³-hybridized carbons (Fsp3) is 0.643. The summed E-state index contributed by atoms with van der Waals surface area (Å²) < 4.78 is 26.8. The Labute approximate surface area is 121 Å². The smallest absolute Gasteiger partial charge is 0.243 e. The number of anilines is 1. The van der Waals surface area contributed by atoms with Crippen molar-refractivity contribution >= 4 is 15.8 Å². The molecule has 2 rings (SSSR count). The van der Waals surface area contributed by atoms with Crippen molar-refractivity contribution in [3.8, 4) is 0 Å². The first kappa shape index (κ1) is 15.3. The highest BCUT2D eigenvalue weighted by Gasteiger charge is 2.34. The third kappa shape index (κ3) is 2.96. The third-order valence-corrected chi connectivity index (χ3v) is 6.30. The van der Waals surface area contributed by atoms with Crippen LogP contribution in [0.5, 0.6) is 0 Å². The fourth-order valence-corrected chi connectivity index (χ4v) is 3.93. The van der Waals surface area contributed by atoms with Gasteiger partial charge in [0, 0.05) is 32.4 Å². The highest BCUT2D eigenvalue weighted by atomic mass is 32.2. The van der Waals surface area contributed by atoms with Crippen molar-refractivity contribution in [3.63, 3.8) is 0 Å². The van der Waals surface area contributed by atoms with Crippen molar-refractivity contribution in [2.75, 3.05) is 25.5 Å². The minimum atomic E-state index is -3.40. The monoisotopic (exact) mass is 297 g/mol. The molecule has 20 heavy (non-hydrogen) atoms. The lowest BCUT2D eigenvalue weighted by Crippen LogP contribution is -2.41. The van der Waals surface area contributed by atoms with Crippen LogP contribution >= 0.6 is 0 Å². The van der Waals surface area contributed by atoms with Crippen LogP contribution in [0.3, 0.4) is 0 Å². The number of nitrogens with zero attached hydrogens (tertiary/aromatic N) is 2. The molecule has 0 atom stereocenters. The summed E-state index contributed by atoms with van der Waals surface area (Å²) in [5, 5.41) is 2.87. The Balaban J connectivity index is 2.19. The first-order valence-electron chi connectivity index (χ1n) is 7.05. The van der Waals surface area contributed by atoms with Gasteiger partial charge < -0.3 is 5.32 Å². The first-order chi connectivity index (χ1) is 9.41. The Morgan fingerprint density at radius 1 is 1.40 bits per heavy atom. The number of hydrogen-bond acceptors (Lipinski definition) is 4. The summed E-state index contributed by atoms with van der Waals surface area (Å²) in [5.74, 6) is 0.571. The normalized spacial score (nSPS) is 19.8. The number of rotatable bonds is 4. The molecule has 1 aromatic heterocycles. The molecule has 0 spiro atoms. The number of piperidine rings is 1. The van der Waals surface area contributed by atoms with Crippen LogP contribution < -0.4 is 5.32 Å². The average Bonchev–Trinajstić information content (AvgIpc) is 2.48. The number of sulfonamides is 1. The maximum absolute atomic E-state index is 12.6. The Morgan fingerprint density at radius 3 is 2.60 bits per heavy atom. The summed E-state index contributed by atoms with van der Waals surface area (Å²) >= 11 is 0. The fourth-order valence-electron chi connectivity index (χ4n) is 2.48. The van der Waals surface area contributed by atoms with Crippen LogP contribution in [0, 0.1) is 5.41 Å². The molecule has 6 heteroatoms. The predicted molar refractivity (Wildman–Crippen MR) is 80.2 cm³/mol. The van der Waals surface area contributed by atoms with Gasteiger partial charge in [0.05, 0.1) is 4.90 Å². The molecule has 1 aliphatic heterocycles. The van der Waals surface area contributed by atoms with Gasteiger partial charge in [-0.25, -0.2) is 13.4 Å². The zero-order valence-electron chi connectivity index (χ0n) is 12.4. The summed E-state index contributed by atoms with van der Waals surface area (Å²) in [6, 6.07) is 3.15. The van der Waals surface area contributed by atoms with Gasteiger partial charge in [0.1, 0.15) is 5.82 Å². The zero-order chi connectivity index (χ0) is 14.8. The number of hydrogen-bond donors (Lipinski definition) is 1. The highest BCUT2D eigenvalue weighted by Crippen LogP contribution is 2.35. The van der Waals surface area contributed by atoms with Gasteiger partial charge in [-0.15, -0.1) is 0 Å². The first-order valence-corrected chi connectivity index (χ1v) is 8.49. The summed E-state index contributed by atoms with van der Waals surface area (Å²) in [6.07, 6.45) is 4.47. The lowest BCUT2D eigenvalue weighted by molar-refractivity contribution is 0.169. The summed E-state index contributed by atoms with van der Waals surface area (Å²) in [6.45, 7) is 5.61. The van der Waals surface area contributed by atoms with E-state index in [9.17, 15) is 8.42 Å². The molecule has 2 heterocycles. The molecule has 1 N–H and O–H groups in total. The highest BCUT2D eigenvalue weighted by molar-refractivity contribution is 7.89. The molecule has 1 fully saturated rings. The van der Waals surface area contributed by atoms with E-state index in [2.05, 4.69) is 24.1 Å². The van der Waals surface area contributed by atoms with Gasteiger partial charge in [-0.2, -0.15) is 4.31 Å². The van der Waals surface area contributed by atoms with Gasteiger partial charge in [-0.05, 0) is 24.3 Å². The molecule has 0 unspecified atom stereocenters. The van der Waals surface area contributed by atoms with Crippen molar-refractivity contribution in [2.45, 2.75) is 38.0 Å². The van der Waals surface area contributed by atoms with Crippen molar-refractivity contribution in [3.05, 3.63) is 18.3 Å². The minimum absolute atomic E-state index is 0.278. The molecule has 1 aliphatic rings. The van der Waals surface area contributed by atoms with E-state index in [-0.39, 0.29) is 5.41 Å². The van der Waals surface area contributed by atoms with E-state index < -0.39 is 10.0 Å². The van der Waals surface area contributed by atoms with Crippen LogP contribution in [0.15, 0.2) is 23.2 Å². The average molecular weight is 297 g/mol. The van der Waals surface area contributed by atoms with Gasteiger partial charge in [-0.3, -0.25) is 0 Å². The molecule has 1 saturated heterocycles. The van der Waals surface area contributed by atoms with Crippen LogP contribution in [0.25, 0.3) is 0 Å². The molecule has 0 saturated carbocycles. The van der Waals surface area contributed by atoms with E-state index >= 15 is 0 Å². The second-order valence-corrected chi connectivity index (χ2v) is 7.63. The second kappa shape index (κ2) is 5.69. The third-order valence-electron chi connectivity index (χ3n) is 4.41. The van der Waals surface area contributed by atoms with E-state index in [0.717, 1.165) is 19.3 Å². The lowest BCUT2D eigenvalue weighted by atomic mass is 9.79. The van der Waals surface area contributed by atoms with Gasteiger partial charge in [0.2, 0.25) is 10.0 Å². The molecular formula is C14H23N3O2S. The standard InChI is InChI=1S/C14H23N3O2S/c1-4-14(2)6-9-17(10-7-14)20(18,19)12-5-8-16-13(11-12)15-3/h5,8,11H,4,6-7,9-10H2,1-3H3,(H,15,16). The molecule has 0 aromatic carbocycles. The van der Waals surface area contributed by atoms with E-state index in [1.807, 2.05) is 0 Å². The molecular weight excluding hydrogens is 274 g/mol. The number of aromatic nitrogens is 1. The molecule has 0 aliphatic carbocycles. The van der Waals surface area contributed by atoms with Gasteiger partial charge in [0.25, 0.3) is 0 Å². The SMILES string of the molecule is CCC1(C)CCN(S(=O)(=O)c2ccnc(NC)c2)CC1. The molecule has 1 aromatic rings. The van der Waals surface area contributed by atoms with E-state index in [1.54, 1.807) is 23.5 Å². The summed E-state index contributed by atoms with van der Waals surface area (Å²) in [7, 11) is -1.67. The van der Waals surface area contributed by atoms with Crippen LogP contribution in [-0.4, -0.2) is 37.8 Å². The van der Waals surface area contributed by atoms with Crippen LogP contribution in [0.2, 0.25) is 0 Å². The molecule has 0 radical (unpaired) electrons. The molecule has 0 bridgehead atoms. The van der Waals surface area contributed by atoms with Crippen molar-refractivity contribution in [1.82, 2.24) is 9.29 Å². The maximum atomic E-state index is 12.6. The Hall–Kier alpha value is -1.14. The quantitative estimate of drug-likeness (QED) is 0.926. The van der Waals surface area contributed by atoms with Crippen molar-refractivity contribution in [1.29, 1.82) is 0 Å². The molecule has 0 amide bonds. The van der Waals surface area contributed by atoms with Crippen molar-refractivity contribution < 1.29 is 8.42 Å².